The van der Waals surface area contributed by atoms with Crippen LogP contribution in [0.3, 0.4) is 0 Å². The lowest BCUT2D eigenvalue weighted by Gasteiger charge is -2.35. The zero-order valence-corrected chi connectivity index (χ0v) is 22.7. The largest absolute Gasteiger partial charge is 0.457 e. The van der Waals surface area contributed by atoms with Crippen LogP contribution in [0, 0.1) is 0 Å². The molecule has 0 aliphatic carbocycles. The van der Waals surface area contributed by atoms with Gasteiger partial charge in [0.2, 0.25) is 0 Å². The second-order valence-corrected chi connectivity index (χ2v) is 11.0. The molecule has 0 aromatic heterocycles. The molecule has 0 N–H and O–H groups in total. The molecule has 2 aliphatic heterocycles. The molecule has 1 fully saturated rings. The number of ether oxygens (including phenoxy) is 1. The molecule has 7 heteroatoms. The van der Waals surface area contributed by atoms with E-state index in [4.69, 9.17) is 27.9 Å². The third-order valence-corrected chi connectivity index (χ3v) is 7.95. The number of rotatable bonds is 6. The highest BCUT2D eigenvalue weighted by Gasteiger charge is 2.57. The van der Waals surface area contributed by atoms with Crippen LogP contribution in [0.4, 0.5) is 0 Å². The Morgan fingerprint density at radius 2 is 1.72 bits per heavy atom. The van der Waals surface area contributed by atoms with E-state index in [0.29, 0.717) is 47.0 Å². The van der Waals surface area contributed by atoms with Crippen molar-refractivity contribution in [1.29, 1.82) is 0 Å². The van der Waals surface area contributed by atoms with Gasteiger partial charge in [-0.05, 0) is 72.0 Å². The topological polar surface area (TPSA) is 46.6 Å². The summed E-state index contributed by atoms with van der Waals surface area (Å²) >= 11 is 16.1. The lowest BCUT2D eigenvalue weighted by Crippen LogP contribution is -2.45. The zero-order valence-electron chi connectivity index (χ0n) is 19.6. The Kier molecular flexibility index (Phi) is 6.99. The summed E-state index contributed by atoms with van der Waals surface area (Å²) in [5.74, 6) is -0.461. The summed E-state index contributed by atoms with van der Waals surface area (Å²) in [6, 6.07) is 22.3. The predicted octanol–water partition coefficient (Wildman–Crippen LogP) is 7.37. The molecule has 184 valence electrons. The Labute approximate surface area is 229 Å². The van der Waals surface area contributed by atoms with Crippen molar-refractivity contribution in [2.24, 2.45) is 0 Å². The molecule has 5 rings (SSSR count). The first-order valence-electron chi connectivity index (χ1n) is 11.8. The van der Waals surface area contributed by atoms with Crippen LogP contribution in [0.15, 0.2) is 82.8 Å². The molecule has 2 heterocycles. The SMILES string of the molecule is CCC1=C(c2cc(Cl)cc(Cl)c2)C(=O)N2C[C@@H](OC(=O)c3ccccc3)C[C@@]12Cc1ccc(Br)cc1. The van der Waals surface area contributed by atoms with E-state index in [-0.39, 0.29) is 11.9 Å². The van der Waals surface area contributed by atoms with Crippen LogP contribution >= 0.6 is 39.1 Å². The van der Waals surface area contributed by atoms with Gasteiger partial charge in [0.05, 0.1) is 17.6 Å². The highest BCUT2D eigenvalue weighted by molar-refractivity contribution is 9.10. The van der Waals surface area contributed by atoms with Crippen molar-refractivity contribution >= 4 is 56.6 Å². The Morgan fingerprint density at radius 1 is 1.06 bits per heavy atom. The first-order valence-corrected chi connectivity index (χ1v) is 13.4. The minimum atomic E-state index is -0.606. The van der Waals surface area contributed by atoms with Crippen molar-refractivity contribution in [2.75, 3.05) is 6.54 Å². The zero-order chi connectivity index (χ0) is 25.4. The fraction of sp³-hybridized carbons (Fsp3) is 0.241. The summed E-state index contributed by atoms with van der Waals surface area (Å²) in [5.41, 5.74) is 3.38. The molecule has 0 saturated carbocycles. The van der Waals surface area contributed by atoms with Crippen LogP contribution in [0.2, 0.25) is 10.0 Å². The van der Waals surface area contributed by atoms with Crippen LogP contribution in [-0.2, 0) is 16.0 Å². The van der Waals surface area contributed by atoms with Crippen LogP contribution < -0.4 is 0 Å². The van der Waals surface area contributed by atoms with Crippen molar-refractivity contribution in [3.05, 3.63) is 110 Å². The summed E-state index contributed by atoms with van der Waals surface area (Å²) in [4.78, 5) is 28.7. The number of fused-ring (bicyclic) bond motifs is 1. The van der Waals surface area contributed by atoms with E-state index >= 15 is 0 Å². The monoisotopic (exact) mass is 583 g/mol. The number of nitrogens with zero attached hydrogens (tertiary/aromatic N) is 1. The predicted molar refractivity (Wildman–Crippen MR) is 146 cm³/mol. The Balaban J connectivity index is 1.56. The molecule has 1 saturated heterocycles. The quantitative estimate of drug-likeness (QED) is 0.284. The fourth-order valence-electron chi connectivity index (χ4n) is 5.58. The van der Waals surface area contributed by atoms with E-state index in [2.05, 4.69) is 35.0 Å². The van der Waals surface area contributed by atoms with Crippen molar-refractivity contribution < 1.29 is 14.3 Å². The van der Waals surface area contributed by atoms with Gasteiger partial charge < -0.3 is 9.64 Å². The van der Waals surface area contributed by atoms with Gasteiger partial charge in [-0.1, -0.05) is 76.4 Å². The molecule has 3 aromatic rings. The molecule has 2 atom stereocenters. The van der Waals surface area contributed by atoms with Crippen LogP contribution in [0.5, 0.6) is 0 Å². The molecule has 0 radical (unpaired) electrons. The lowest BCUT2D eigenvalue weighted by molar-refractivity contribution is -0.126. The number of halogens is 3. The van der Waals surface area contributed by atoms with Gasteiger partial charge >= 0.3 is 5.97 Å². The second-order valence-electron chi connectivity index (χ2n) is 9.21. The first-order chi connectivity index (χ1) is 17.3. The van der Waals surface area contributed by atoms with Gasteiger partial charge in [-0.2, -0.15) is 0 Å². The van der Waals surface area contributed by atoms with Gasteiger partial charge in [-0.15, -0.1) is 0 Å². The average molecular weight is 585 g/mol. The second kappa shape index (κ2) is 10.0. The van der Waals surface area contributed by atoms with E-state index in [0.717, 1.165) is 21.2 Å². The maximum atomic E-state index is 14.0. The van der Waals surface area contributed by atoms with Crippen molar-refractivity contribution in [1.82, 2.24) is 4.90 Å². The summed E-state index contributed by atoms with van der Waals surface area (Å²) < 4.78 is 6.92. The molecule has 0 unspecified atom stereocenters. The number of hydrogen-bond donors (Lipinski definition) is 0. The van der Waals surface area contributed by atoms with Gasteiger partial charge in [0.1, 0.15) is 6.10 Å². The van der Waals surface area contributed by atoms with Gasteiger partial charge in [0.25, 0.3) is 5.91 Å². The Bertz CT molecular complexity index is 1340. The van der Waals surface area contributed by atoms with Crippen molar-refractivity contribution in [3.63, 3.8) is 0 Å². The number of carbonyl (C=O) groups is 2. The summed E-state index contributed by atoms with van der Waals surface area (Å²) in [7, 11) is 0. The average Bonchev–Trinajstić information content (AvgIpc) is 3.31. The highest BCUT2D eigenvalue weighted by atomic mass is 79.9. The normalized spacial score (nSPS) is 21.2. The maximum Gasteiger partial charge on any atom is 0.338 e. The van der Waals surface area contributed by atoms with Gasteiger partial charge in [-0.3, -0.25) is 4.79 Å². The fourth-order valence-corrected chi connectivity index (χ4v) is 6.37. The smallest absolute Gasteiger partial charge is 0.338 e. The molecule has 3 aromatic carbocycles. The molecule has 1 amide bonds. The third-order valence-electron chi connectivity index (χ3n) is 6.99. The number of amides is 1. The molecular formula is C29H24BrCl2NO3. The molecule has 0 spiro atoms. The van der Waals surface area contributed by atoms with Crippen LogP contribution in [0.25, 0.3) is 5.57 Å². The van der Waals surface area contributed by atoms with Gasteiger partial charge in [-0.25, -0.2) is 4.79 Å². The summed E-state index contributed by atoms with van der Waals surface area (Å²) in [5, 5.41) is 0.967. The first kappa shape index (κ1) is 25.1. The summed E-state index contributed by atoms with van der Waals surface area (Å²) in [6.45, 7) is 2.39. The third kappa shape index (κ3) is 4.60. The number of benzene rings is 3. The Hall–Kier alpha value is -2.60. The number of carbonyl (C=O) groups excluding carboxylic acids is 2. The molecule has 0 bridgehead atoms. The van der Waals surface area contributed by atoms with E-state index < -0.39 is 11.6 Å². The number of hydrogen-bond acceptors (Lipinski definition) is 3. The van der Waals surface area contributed by atoms with E-state index in [1.807, 2.05) is 35.2 Å². The van der Waals surface area contributed by atoms with E-state index in [1.54, 1.807) is 30.3 Å². The summed E-state index contributed by atoms with van der Waals surface area (Å²) in [6.07, 6.45) is 1.39. The van der Waals surface area contributed by atoms with Crippen LogP contribution in [0.1, 0.15) is 41.3 Å². The van der Waals surface area contributed by atoms with Gasteiger partial charge in [0.15, 0.2) is 0 Å². The molecule has 4 nitrogen and oxygen atoms in total. The molecular weight excluding hydrogens is 561 g/mol. The highest BCUT2D eigenvalue weighted by Crippen LogP contribution is 2.50. The standard InChI is InChI=1S/C29H24BrCl2NO3/c1-2-25-26(20-12-22(31)14-23(32)13-20)27(34)33-17-24(36-28(35)19-6-4-3-5-7-19)16-29(25,33)15-18-8-10-21(30)11-9-18/h3-14,24H,2,15-17H2,1H3/t24-,29-/m0/s1. The lowest BCUT2D eigenvalue weighted by atomic mass is 9.79. The van der Waals surface area contributed by atoms with Crippen molar-refractivity contribution in [2.45, 2.75) is 37.8 Å². The van der Waals surface area contributed by atoms with E-state index in [1.165, 1.54) is 0 Å². The maximum absolute atomic E-state index is 14.0. The number of esters is 1. The van der Waals surface area contributed by atoms with E-state index in [9.17, 15) is 9.59 Å². The Morgan fingerprint density at radius 3 is 2.36 bits per heavy atom. The minimum absolute atomic E-state index is 0.0828. The molecule has 36 heavy (non-hydrogen) atoms. The molecule has 2 aliphatic rings. The van der Waals surface area contributed by atoms with Gasteiger partial charge in [0, 0.05) is 26.5 Å². The van der Waals surface area contributed by atoms with Crippen LogP contribution in [-0.4, -0.2) is 35.0 Å². The van der Waals surface area contributed by atoms with Crippen molar-refractivity contribution in [3.8, 4) is 0 Å². The minimum Gasteiger partial charge on any atom is -0.457 e.